The van der Waals surface area contributed by atoms with E-state index < -0.39 is 5.97 Å². The van der Waals surface area contributed by atoms with Gasteiger partial charge in [0.05, 0.1) is 16.3 Å². The predicted octanol–water partition coefficient (Wildman–Crippen LogP) is 2.95. The number of nitrogen functional groups attached to an aromatic ring is 1. The van der Waals surface area contributed by atoms with Crippen LogP contribution in [-0.4, -0.2) is 34.7 Å². The summed E-state index contributed by atoms with van der Waals surface area (Å²) in [6.45, 7) is 5.85. The molecule has 0 aromatic heterocycles. The first-order valence-corrected chi connectivity index (χ1v) is 7.38. The second-order valence-electron chi connectivity index (χ2n) is 5.23. The fourth-order valence-corrected chi connectivity index (χ4v) is 3.77. The molecular formula is C13H17ClN2O2S. The fraction of sp³-hybridized carbons (Fsp3) is 0.462. The van der Waals surface area contributed by atoms with Crippen LogP contribution >= 0.6 is 23.4 Å². The number of thioether (sulfide) groups is 1. The minimum Gasteiger partial charge on any atom is -0.478 e. The summed E-state index contributed by atoms with van der Waals surface area (Å²) in [5.41, 5.74) is 6.80. The topological polar surface area (TPSA) is 66.6 Å². The molecule has 1 aliphatic heterocycles. The van der Waals surface area contributed by atoms with Gasteiger partial charge in [-0.2, -0.15) is 11.8 Å². The van der Waals surface area contributed by atoms with Crippen LogP contribution in [0.4, 0.5) is 11.4 Å². The third-order valence-corrected chi connectivity index (χ3v) is 4.64. The highest BCUT2D eigenvalue weighted by atomic mass is 35.5. The number of carbonyl (C=O) groups is 1. The quantitative estimate of drug-likeness (QED) is 0.822. The molecule has 1 aromatic rings. The number of aromatic carboxylic acids is 1. The van der Waals surface area contributed by atoms with E-state index in [1.165, 1.54) is 6.07 Å². The first-order chi connectivity index (χ1) is 8.80. The lowest BCUT2D eigenvalue weighted by atomic mass is 10.1. The van der Waals surface area contributed by atoms with Gasteiger partial charge in [0, 0.05) is 29.3 Å². The standard InChI is InChI=1S/C13H17ClN2O2S/c1-13(2)7-16(3-4-19-13)11-9(12(17)18)5-8(15)6-10(11)14/h5-6H,3-4,7,15H2,1-2H3,(H,17,18). The molecule has 19 heavy (non-hydrogen) atoms. The van der Waals surface area contributed by atoms with Gasteiger partial charge in [-0.15, -0.1) is 0 Å². The van der Waals surface area contributed by atoms with Gasteiger partial charge in [0.25, 0.3) is 0 Å². The molecule has 0 radical (unpaired) electrons. The maximum atomic E-state index is 11.4. The van der Waals surface area contributed by atoms with Crippen molar-refractivity contribution >= 4 is 40.7 Å². The fourth-order valence-electron chi connectivity index (χ4n) is 2.31. The maximum Gasteiger partial charge on any atom is 0.337 e. The number of nitrogens with zero attached hydrogens (tertiary/aromatic N) is 1. The average molecular weight is 301 g/mol. The number of hydrogen-bond acceptors (Lipinski definition) is 4. The highest BCUT2D eigenvalue weighted by molar-refractivity contribution is 8.00. The summed E-state index contributed by atoms with van der Waals surface area (Å²) >= 11 is 8.10. The normalized spacial score (nSPS) is 18.4. The number of anilines is 2. The zero-order chi connectivity index (χ0) is 14.2. The molecule has 0 saturated carbocycles. The highest BCUT2D eigenvalue weighted by Gasteiger charge is 2.30. The molecule has 1 heterocycles. The summed E-state index contributed by atoms with van der Waals surface area (Å²) in [7, 11) is 0. The zero-order valence-electron chi connectivity index (χ0n) is 10.9. The SMILES string of the molecule is CC1(C)CN(c2c(Cl)cc(N)cc2C(=O)O)CCS1. The maximum absolute atomic E-state index is 11.4. The van der Waals surface area contributed by atoms with Gasteiger partial charge < -0.3 is 15.7 Å². The van der Waals surface area contributed by atoms with Crippen molar-refractivity contribution in [3.8, 4) is 0 Å². The Hall–Kier alpha value is -1.07. The van der Waals surface area contributed by atoms with Crippen LogP contribution in [0.1, 0.15) is 24.2 Å². The van der Waals surface area contributed by atoms with Gasteiger partial charge in [-0.05, 0) is 26.0 Å². The van der Waals surface area contributed by atoms with Crippen molar-refractivity contribution in [2.45, 2.75) is 18.6 Å². The minimum atomic E-state index is -1.000. The molecule has 0 spiro atoms. The Bertz CT molecular complexity index is 520. The van der Waals surface area contributed by atoms with E-state index in [2.05, 4.69) is 13.8 Å². The van der Waals surface area contributed by atoms with E-state index in [0.717, 1.165) is 18.8 Å². The van der Waals surface area contributed by atoms with E-state index in [1.807, 2.05) is 16.7 Å². The lowest BCUT2D eigenvalue weighted by Crippen LogP contribution is -2.43. The third-order valence-electron chi connectivity index (χ3n) is 3.06. The summed E-state index contributed by atoms with van der Waals surface area (Å²) < 4.78 is 0.0821. The molecule has 3 N–H and O–H groups in total. The molecule has 0 amide bonds. The Morgan fingerprint density at radius 3 is 2.79 bits per heavy atom. The molecule has 104 valence electrons. The van der Waals surface area contributed by atoms with Gasteiger partial charge in [-0.1, -0.05) is 11.6 Å². The Morgan fingerprint density at radius 1 is 1.53 bits per heavy atom. The molecular weight excluding hydrogens is 284 g/mol. The minimum absolute atomic E-state index is 0.0821. The van der Waals surface area contributed by atoms with E-state index in [0.29, 0.717) is 16.4 Å². The summed E-state index contributed by atoms with van der Waals surface area (Å²) in [5.74, 6) is -0.0486. The molecule has 1 saturated heterocycles. The van der Waals surface area contributed by atoms with Gasteiger partial charge in [-0.3, -0.25) is 0 Å². The van der Waals surface area contributed by atoms with Crippen LogP contribution in [0, 0.1) is 0 Å². The largest absolute Gasteiger partial charge is 0.478 e. The van der Waals surface area contributed by atoms with E-state index >= 15 is 0 Å². The van der Waals surface area contributed by atoms with E-state index in [9.17, 15) is 9.90 Å². The Kier molecular flexibility index (Phi) is 3.87. The van der Waals surface area contributed by atoms with Gasteiger partial charge in [0.2, 0.25) is 0 Å². The number of rotatable bonds is 2. The van der Waals surface area contributed by atoms with Crippen molar-refractivity contribution in [2.75, 3.05) is 29.5 Å². The summed E-state index contributed by atoms with van der Waals surface area (Å²) in [5, 5.41) is 9.73. The molecule has 6 heteroatoms. The molecule has 4 nitrogen and oxygen atoms in total. The first kappa shape index (κ1) is 14.3. The first-order valence-electron chi connectivity index (χ1n) is 6.01. The Labute approximate surface area is 121 Å². The molecule has 1 fully saturated rings. The van der Waals surface area contributed by atoms with Crippen molar-refractivity contribution in [1.82, 2.24) is 0 Å². The lowest BCUT2D eigenvalue weighted by molar-refractivity contribution is 0.0697. The van der Waals surface area contributed by atoms with Crippen LogP contribution in [0.5, 0.6) is 0 Å². The summed E-state index contributed by atoms with van der Waals surface area (Å²) in [6.07, 6.45) is 0. The number of carboxylic acid groups (broad SMARTS) is 1. The van der Waals surface area contributed by atoms with Crippen LogP contribution in [0.2, 0.25) is 5.02 Å². The van der Waals surface area contributed by atoms with Crippen LogP contribution in [0.25, 0.3) is 0 Å². The van der Waals surface area contributed by atoms with Gasteiger partial charge in [0.1, 0.15) is 0 Å². The van der Waals surface area contributed by atoms with Gasteiger partial charge in [-0.25, -0.2) is 4.79 Å². The molecule has 2 rings (SSSR count). The van der Waals surface area contributed by atoms with Gasteiger partial charge in [0.15, 0.2) is 0 Å². The number of nitrogens with two attached hydrogens (primary N) is 1. The second kappa shape index (κ2) is 5.13. The monoisotopic (exact) mass is 300 g/mol. The van der Waals surface area contributed by atoms with Crippen LogP contribution in [0.15, 0.2) is 12.1 Å². The molecule has 1 aliphatic rings. The number of halogens is 1. The average Bonchev–Trinajstić information content (AvgIpc) is 2.26. The van der Waals surface area contributed by atoms with E-state index in [-0.39, 0.29) is 10.3 Å². The van der Waals surface area contributed by atoms with Crippen molar-refractivity contribution < 1.29 is 9.90 Å². The van der Waals surface area contributed by atoms with E-state index in [1.54, 1.807) is 6.07 Å². The molecule has 0 aliphatic carbocycles. The van der Waals surface area contributed by atoms with Crippen LogP contribution in [-0.2, 0) is 0 Å². The lowest BCUT2D eigenvalue weighted by Gasteiger charge is -2.39. The Balaban J connectivity index is 2.46. The second-order valence-corrected chi connectivity index (χ2v) is 7.44. The highest BCUT2D eigenvalue weighted by Crippen LogP contribution is 2.38. The predicted molar refractivity (Wildman–Crippen MR) is 81.6 cm³/mol. The van der Waals surface area contributed by atoms with Crippen molar-refractivity contribution in [3.05, 3.63) is 22.7 Å². The number of benzene rings is 1. The van der Waals surface area contributed by atoms with E-state index in [4.69, 9.17) is 17.3 Å². The van der Waals surface area contributed by atoms with Crippen molar-refractivity contribution in [3.63, 3.8) is 0 Å². The molecule has 0 atom stereocenters. The van der Waals surface area contributed by atoms with Crippen molar-refractivity contribution in [1.29, 1.82) is 0 Å². The smallest absolute Gasteiger partial charge is 0.337 e. The zero-order valence-corrected chi connectivity index (χ0v) is 12.5. The molecule has 1 aromatic carbocycles. The number of carboxylic acids is 1. The molecule has 0 bridgehead atoms. The van der Waals surface area contributed by atoms with Gasteiger partial charge >= 0.3 is 5.97 Å². The number of hydrogen-bond donors (Lipinski definition) is 2. The molecule has 0 unspecified atom stereocenters. The summed E-state index contributed by atoms with van der Waals surface area (Å²) in [4.78, 5) is 13.4. The van der Waals surface area contributed by atoms with Crippen LogP contribution in [0.3, 0.4) is 0 Å². The Morgan fingerprint density at radius 2 is 2.21 bits per heavy atom. The third kappa shape index (κ3) is 3.09. The summed E-state index contributed by atoms with van der Waals surface area (Å²) in [6, 6.07) is 3.08. The van der Waals surface area contributed by atoms with Crippen molar-refractivity contribution in [2.24, 2.45) is 0 Å². The van der Waals surface area contributed by atoms with Crippen LogP contribution < -0.4 is 10.6 Å².